The number of ketones is 1. The maximum Gasteiger partial charge on any atom is 0.169 e. The molecule has 4 nitrogen and oxygen atoms in total. The van der Waals surface area contributed by atoms with E-state index in [0.29, 0.717) is 23.4 Å². The van der Waals surface area contributed by atoms with E-state index in [4.69, 9.17) is 10.5 Å². The molecule has 2 N–H and O–H groups in total. The van der Waals surface area contributed by atoms with Crippen molar-refractivity contribution in [3.63, 3.8) is 0 Å². The van der Waals surface area contributed by atoms with Crippen LogP contribution >= 0.6 is 11.3 Å². The molecule has 1 aliphatic carbocycles. The van der Waals surface area contributed by atoms with Gasteiger partial charge in [-0.15, -0.1) is 11.3 Å². The van der Waals surface area contributed by atoms with Crippen LogP contribution in [-0.4, -0.2) is 17.9 Å². The van der Waals surface area contributed by atoms with Crippen molar-refractivity contribution in [2.45, 2.75) is 32.6 Å². The number of nitrogens with zero attached hydrogens (tertiary/aromatic N) is 1. The van der Waals surface area contributed by atoms with Gasteiger partial charge in [-0.3, -0.25) is 4.79 Å². The lowest BCUT2D eigenvalue weighted by atomic mass is 9.93. The summed E-state index contributed by atoms with van der Waals surface area (Å²) in [5, 5.41) is 0.915. The lowest BCUT2D eigenvalue weighted by Crippen LogP contribution is -2.09. The molecule has 2 aromatic rings. The first-order valence-electron chi connectivity index (χ1n) is 7.51. The van der Waals surface area contributed by atoms with Crippen LogP contribution in [0.5, 0.6) is 5.75 Å². The number of fused-ring (bicyclic) bond motifs is 1. The van der Waals surface area contributed by atoms with Gasteiger partial charge in [0, 0.05) is 10.4 Å². The first-order chi connectivity index (χ1) is 10.6. The summed E-state index contributed by atoms with van der Waals surface area (Å²) in [5.74, 6) is 1.36. The van der Waals surface area contributed by atoms with E-state index in [9.17, 15) is 4.79 Å². The molecule has 0 bridgehead atoms. The average Bonchev–Trinajstić information content (AvgIpc) is 2.88. The molecule has 3 rings (SSSR count). The van der Waals surface area contributed by atoms with Gasteiger partial charge in [-0.2, -0.15) is 0 Å². The number of aryl methyl sites for hydroxylation is 1. The van der Waals surface area contributed by atoms with Crippen LogP contribution in [0.2, 0.25) is 0 Å². The molecule has 0 fully saturated rings. The average molecular weight is 316 g/mol. The van der Waals surface area contributed by atoms with Crippen LogP contribution in [0, 0.1) is 5.92 Å². The first kappa shape index (κ1) is 15.0. The van der Waals surface area contributed by atoms with Gasteiger partial charge in [0.05, 0.1) is 24.9 Å². The Hall–Kier alpha value is -1.88. The summed E-state index contributed by atoms with van der Waals surface area (Å²) >= 11 is 1.69. The number of ether oxygens (including phenoxy) is 1. The number of thiazole rings is 1. The topological polar surface area (TPSA) is 65.2 Å². The van der Waals surface area contributed by atoms with E-state index in [-0.39, 0.29) is 5.78 Å². The van der Waals surface area contributed by atoms with E-state index < -0.39 is 0 Å². The molecular formula is C17H20N2O2S. The highest BCUT2D eigenvalue weighted by Crippen LogP contribution is 2.30. The summed E-state index contributed by atoms with van der Waals surface area (Å²) < 4.78 is 5.12. The van der Waals surface area contributed by atoms with Crippen molar-refractivity contribution >= 4 is 22.8 Å². The van der Waals surface area contributed by atoms with E-state index in [2.05, 4.69) is 11.9 Å². The smallest absolute Gasteiger partial charge is 0.169 e. The Labute approximate surface area is 134 Å². The molecule has 1 aliphatic rings. The molecular weight excluding hydrogens is 296 g/mol. The fraction of sp³-hybridized carbons (Fsp3) is 0.412. The second-order valence-corrected chi connectivity index (χ2v) is 7.05. The summed E-state index contributed by atoms with van der Waals surface area (Å²) in [6.45, 7) is 2.27. The van der Waals surface area contributed by atoms with Crippen LogP contribution < -0.4 is 10.5 Å². The van der Waals surface area contributed by atoms with Crippen molar-refractivity contribution in [2.75, 3.05) is 12.8 Å². The molecule has 0 radical (unpaired) electrons. The molecule has 1 heterocycles. The van der Waals surface area contributed by atoms with Crippen LogP contribution in [-0.2, 0) is 19.3 Å². The number of methoxy groups -OCH3 is 1. The fourth-order valence-electron chi connectivity index (χ4n) is 2.82. The number of benzene rings is 1. The molecule has 0 spiro atoms. The summed E-state index contributed by atoms with van der Waals surface area (Å²) in [6.07, 6.45) is 3.67. The SMILES string of the molecule is COc1ccc(C(=O)Cc2nc3c(s2)CC(C)CC3)cc1N. The standard InChI is InChI=1S/C17H20N2O2S/c1-10-3-5-13-16(7-10)22-17(19-13)9-14(20)11-4-6-15(21-2)12(18)8-11/h4,6,8,10H,3,5,7,9,18H2,1-2H3. The molecule has 0 amide bonds. The summed E-state index contributed by atoms with van der Waals surface area (Å²) in [6, 6.07) is 5.17. The molecule has 1 unspecified atom stereocenters. The number of carbonyl (C=O) groups excluding carboxylic acids is 1. The zero-order valence-corrected chi connectivity index (χ0v) is 13.7. The second-order valence-electron chi connectivity index (χ2n) is 5.88. The number of hydrogen-bond donors (Lipinski definition) is 1. The zero-order valence-electron chi connectivity index (χ0n) is 12.9. The van der Waals surface area contributed by atoms with Gasteiger partial charge in [-0.1, -0.05) is 6.92 Å². The van der Waals surface area contributed by atoms with Crippen molar-refractivity contribution in [2.24, 2.45) is 5.92 Å². The van der Waals surface area contributed by atoms with Crippen LogP contribution in [0.3, 0.4) is 0 Å². The monoisotopic (exact) mass is 316 g/mol. The number of carbonyl (C=O) groups is 1. The third-order valence-corrected chi connectivity index (χ3v) is 5.21. The predicted octanol–water partition coefficient (Wildman–Crippen LogP) is 3.28. The lowest BCUT2D eigenvalue weighted by molar-refractivity contribution is 0.0993. The Kier molecular flexibility index (Phi) is 4.16. The maximum atomic E-state index is 12.4. The van der Waals surface area contributed by atoms with Crippen LogP contribution in [0.15, 0.2) is 18.2 Å². The quantitative estimate of drug-likeness (QED) is 0.694. The number of anilines is 1. The van der Waals surface area contributed by atoms with Gasteiger partial charge >= 0.3 is 0 Å². The van der Waals surface area contributed by atoms with Crippen LogP contribution in [0.25, 0.3) is 0 Å². The number of hydrogen-bond acceptors (Lipinski definition) is 5. The molecule has 0 saturated carbocycles. The Balaban J connectivity index is 1.76. The third-order valence-electron chi connectivity index (χ3n) is 4.09. The number of nitrogen functional groups attached to an aromatic ring is 1. The number of rotatable bonds is 4. The van der Waals surface area contributed by atoms with Gasteiger partial charge in [0.15, 0.2) is 5.78 Å². The van der Waals surface area contributed by atoms with E-state index in [1.54, 1.807) is 36.6 Å². The van der Waals surface area contributed by atoms with Crippen molar-refractivity contribution in [3.8, 4) is 5.75 Å². The Morgan fingerprint density at radius 2 is 2.32 bits per heavy atom. The first-order valence-corrected chi connectivity index (χ1v) is 8.32. The third kappa shape index (κ3) is 2.99. The molecule has 0 saturated heterocycles. The van der Waals surface area contributed by atoms with E-state index >= 15 is 0 Å². The minimum Gasteiger partial charge on any atom is -0.495 e. The highest BCUT2D eigenvalue weighted by Gasteiger charge is 2.21. The highest BCUT2D eigenvalue weighted by atomic mass is 32.1. The van der Waals surface area contributed by atoms with Gasteiger partial charge in [0.2, 0.25) is 0 Å². The van der Waals surface area contributed by atoms with E-state index in [1.165, 1.54) is 17.0 Å². The molecule has 22 heavy (non-hydrogen) atoms. The molecule has 5 heteroatoms. The van der Waals surface area contributed by atoms with Gasteiger partial charge in [0.25, 0.3) is 0 Å². The summed E-state index contributed by atoms with van der Waals surface area (Å²) in [4.78, 5) is 18.4. The Morgan fingerprint density at radius 1 is 1.50 bits per heavy atom. The number of nitrogens with two attached hydrogens (primary N) is 1. The van der Waals surface area contributed by atoms with Crippen LogP contribution in [0.4, 0.5) is 5.69 Å². The second kappa shape index (κ2) is 6.08. The molecule has 116 valence electrons. The minimum absolute atomic E-state index is 0.0495. The fourth-order valence-corrected chi connectivity index (χ4v) is 4.09. The lowest BCUT2D eigenvalue weighted by Gasteiger charge is -2.15. The number of aromatic nitrogens is 1. The van der Waals surface area contributed by atoms with Crippen molar-refractivity contribution < 1.29 is 9.53 Å². The van der Waals surface area contributed by atoms with Gasteiger partial charge in [-0.05, 0) is 43.4 Å². The van der Waals surface area contributed by atoms with E-state index in [0.717, 1.165) is 23.8 Å². The van der Waals surface area contributed by atoms with Crippen molar-refractivity contribution in [3.05, 3.63) is 39.3 Å². The van der Waals surface area contributed by atoms with Gasteiger partial charge < -0.3 is 10.5 Å². The highest BCUT2D eigenvalue weighted by molar-refractivity contribution is 7.11. The largest absolute Gasteiger partial charge is 0.495 e. The van der Waals surface area contributed by atoms with Crippen molar-refractivity contribution in [1.29, 1.82) is 0 Å². The predicted molar refractivity (Wildman–Crippen MR) is 88.7 cm³/mol. The van der Waals surface area contributed by atoms with Crippen LogP contribution in [0.1, 0.15) is 39.3 Å². The molecule has 1 aromatic carbocycles. The summed E-state index contributed by atoms with van der Waals surface area (Å²) in [7, 11) is 1.56. The maximum absolute atomic E-state index is 12.4. The van der Waals surface area contributed by atoms with Gasteiger partial charge in [-0.25, -0.2) is 4.98 Å². The molecule has 0 aliphatic heterocycles. The zero-order chi connectivity index (χ0) is 15.7. The normalized spacial score (nSPS) is 17.1. The number of Topliss-reactive ketones (excluding diaryl/α,β-unsaturated/α-hetero) is 1. The molecule has 1 aromatic heterocycles. The Morgan fingerprint density at radius 3 is 3.05 bits per heavy atom. The summed E-state index contributed by atoms with van der Waals surface area (Å²) in [5.41, 5.74) is 8.16. The Bertz CT molecular complexity index is 709. The minimum atomic E-state index is 0.0495. The van der Waals surface area contributed by atoms with Crippen molar-refractivity contribution in [1.82, 2.24) is 4.98 Å². The van der Waals surface area contributed by atoms with Gasteiger partial charge in [0.1, 0.15) is 10.8 Å². The molecule has 1 atom stereocenters. The van der Waals surface area contributed by atoms with E-state index in [1.807, 2.05) is 0 Å².